The quantitative estimate of drug-likeness (QED) is 0.623. The molecule has 0 spiro atoms. The molecule has 152 valence electrons. The Morgan fingerprint density at radius 3 is 2.41 bits per heavy atom. The smallest absolute Gasteiger partial charge is 0.337 e. The van der Waals surface area contributed by atoms with Gasteiger partial charge in [0.15, 0.2) is 0 Å². The third-order valence-corrected chi connectivity index (χ3v) is 5.17. The predicted molar refractivity (Wildman–Crippen MR) is 112 cm³/mol. The van der Waals surface area contributed by atoms with Crippen LogP contribution in [0, 0.1) is 5.92 Å². The SMILES string of the molecule is COC(=O)c1ccc(NC(=O)Cn2c(=O)n(CC(C)C)c(=O)c3sccc32)cc1. The number of aromatic nitrogens is 2. The molecule has 0 unspecified atom stereocenters. The van der Waals surface area contributed by atoms with E-state index >= 15 is 0 Å². The number of ether oxygens (including phenoxy) is 1. The summed E-state index contributed by atoms with van der Waals surface area (Å²) >= 11 is 1.25. The highest BCUT2D eigenvalue weighted by atomic mass is 32.1. The van der Waals surface area contributed by atoms with Crippen molar-refractivity contribution in [2.45, 2.75) is 26.9 Å². The first-order valence-corrected chi connectivity index (χ1v) is 9.89. The Balaban J connectivity index is 1.88. The number of nitrogens with one attached hydrogen (secondary N) is 1. The van der Waals surface area contributed by atoms with E-state index in [1.165, 1.54) is 39.7 Å². The molecule has 0 radical (unpaired) electrons. The minimum absolute atomic E-state index is 0.105. The van der Waals surface area contributed by atoms with E-state index in [-0.39, 0.29) is 24.6 Å². The predicted octanol–water partition coefficient (Wildman–Crippen LogP) is 2.31. The van der Waals surface area contributed by atoms with Crippen molar-refractivity contribution in [1.82, 2.24) is 9.13 Å². The number of rotatable bonds is 6. The minimum atomic E-state index is -0.509. The van der Waals surface area contributed by atoms with E-state index in [0.717, 1.165) is 0 Å². The summed E-state index contributed by atoms with van der Waals surface area (Å²) in [5, 5.41) is 4.43. The number of thiophene rings is 1. The Morgan fingerprint density at radius 2 is 1.79 bits per heavy atom. The largest absolute Gasteiger partial charge is 0.465 e. The van der Waals surface area contributed by atoms with Crippen LogP contribution in [0.2, 0.25) is 0 Å². The summed E-state index contributed by atoms with van der Waals surface area (Å²) in [5.41, 5.74) is 0.450. The summed E-state index contributed by atoms with van der Waals surface area (Å²) in [6, 6.07) is 7.89. The van der Waals surface area contributed by atoms with Crippen molar-refractivity contribution in [3.63, 3.8) is 0 Å². The van der Waals surface area contributed by atoms with Gasteiger partial charge in [0.1, 0.15) is 11.2 Å². The van der Waals surface area contributed by atoms with Crippen molar-refractivity contribution >= 4 is 39.1 Å². The lowest BCUT2D eigenvalue weighted by atomic mass is 10.2. The monoisotopic (exact) mass is 415 g/mol. The van der Waals surface area contributed by atoms with E-state index in [9.17, 15) is 19.2 Å². The van der Waals surface area contributed by atoms with Crippen LogP contribution in [0.1, 0.15) is 24.2 Å². The molecule has 8 nitrogen and oxygen atoms in total. The van der Waals surface area contributed by atoms with Crippen molar-refractivity contribution in [2.75, 3.05) is 12.4 Å². The lowest BCUT2D eigenvalue weighted by Gasteiger charge is -2.13. The second-order valence-corrected chi connectivity index (χ2v) is 7.85. The molecule has 3 aromatic rings. The van der Waals surface area contributed by atoms with E-state index in [1.807, 2.05) is 13.8 Å². The van der Waals surface area contributed by atoms with Gasteiger partial charge in [-0.2, -0.15) is 0 Å². The number of hydrogen-bond donors (Lipinski definition) is 1. The van der Waals surface area contributed by atoms with Gasteiger partial charge in [0.25, 0.3) is 5.56 Å². The van der Waals surface area contributed by atoms with Crippen LogP contribution < -0.4 is 16.6 Å². The first kappa shape index (κ1) is 20.5. The number of hydrogen-bond acceptors (Lipinski definition) is 6. The standard InChI is InChI=1S/C20H21N3O5S/c1-12(2)10-23-18(25)17-15(8-9-29-17)22(20(23)27)11-16(24)21-14-6-4-13(5-7-14)19(26)28-3/h4-9,12H,10-11H2,1-3H3,(H,21,24). The molecule has 0 atom stereocenters. The fourth-order valence-corrected chi connectivity index (χ4v) is 3.81. The zero-order valence-electron chi connectivity index (χ0n) is 16.3. The molecule has 1 N–H and O–H groups in total. The Labute approximate surface area is 170 Å². The fourth-order valence-electron chi connectivity index (χ4n) is 2.96. The van der Waals surface area contributed by atoms with Gasteiger partial charge in [-0.25, -0.2) is 9.59 Å². The number of esters is 1. The molecule has 0 bridgehead atoms. The van der Waals surface area contributed by atoms with Gasteiger partial charge < -0.3 is 10.1 Å². The highest BCUT2D eigenvalue weighted by molar-refractivity contribution is 7.17. The zero-order chi connectivity index (χ0) is 21.1. The van der Waals surface area contributed by atoms with Crippen LogP contribution in [-0.4, -0.2) is 28.1 Å². The molecule has 0 aliphatic rings. The molecule has 0 saturated heterocycles. The lowest BCUT2D eigenvalue weighted by molar-refractivity contribution is -0.116. The van der Waals surface area contributed by atoms with Crippen LogP contribution in [0.3, 0.4) is 0 Å². The highest BCUT2D eigenvalue weighted by Crippen LogP contribution is 2.16. The van der Waals surface area contributed by atoms with Crippen LogP contribution in [0.4, 0.5) is 5.69 Å². The first-order chi connectivity index (χ1) is 13.8. The Kier molecular flexibility index (Phi) is 5.97. The number of fused-ring (bicyclic) bond motifs is 1. The number of anilines is 1. The van der Waals surface area contributed by atoms with Crippen molar-refractivity contribution in [2.24, 2.45) is 5.92 Å². The average Bonchev–Trinajstić information content (AvgIpc) is 3.18. The average molecular weight is 415 g/mol. The van der Waals surface area contributed by atoms with E-state index in [4.69, 9.17) is 0 Å². The zero-order valence-corrected chi connectivity index (χ0v) is 17.1. The maximum atomic E-state index is 12.9. The third kappa shape index (κ3) is 4.29. The van der Waals surface area contributed by atoms with Crippen molar-refractivity contribution in [3.05, 3.63) is 62.1 Å². The van der Waals surface area contributed by atoms with Gasteiger partial charge in [-0.15, -0.1) is 11.3 Å². The van der Waals surface area contributed by atoms with Gasteiger partial charge in [-0.3, -0.25) is 18.7 Å². The minimum Gasteiger partial charge on any atom is -0.465 e. The molecule has 0 aliphatic heterocycles. The van der Waals surface area contributed by atoms with Gasteiger partial charge in [-0.05, 0) is 41.6 Å². The first-order valence-electron chi connectivity index (χ1n) is 9.01. The highest BCUT2D eigenvalue weighted by Gasteiger charge is 2.17. The van der Waals surface area contributed by atoms with Gasteiger partial charge in [-0.1, -0.05) is 13.8 Å². The molecular weight excluding hydrogens is 394 g/mol. The van der Waals surface area contributed by atoms with Crippen LogP contribution >= 0.6 is 11.3 Å². The number of carbonyl (C=O) groups is 2. The Morgan fingerprint density at radius 1 is 1.10 bits per heavy atom. The number of carbonyl (C=O) groups excluding carboxylic acids is 2. The molecule has 0 saturated carbocycles. The van der Waals surface area contributed by atoms with Crippen LogP contribution in [0.15, 0.2) is 45.3 Å². The Bertz CT molecular complexity index is 1170. The van der Waals surface area contributed by atoms with Gasteiger partial charge in [0.2, 0.25) is 5.91 Å². The second-order valence-electron chi connectivity index (χ2n) is 6.93. The summed E-state index contributed by atoms with van der Waals surface area (Å²) in [7, 11) is 1.29. The molecule has 3 rings (SSSR count). The van der Waals surface area contributed by atoms with E-state index < -0.39 is 17.6 Å². The molecule has 1 aromatic carbocycles. The third-order valence-electron chi connectivity index (χ3n) is 4.28. The van der Waals surface area contributed by atoms with Crippen molar-refractivity contribution in [3.8, 4) is 0 Å². The van der Waals surface area contributed by atoms with Crippen LogP contribution in [0.25, 0.3) is 10.2 Å². The number of methoxy groups -OCH3 is 1. The lowest BCUT2D eigenvalue weighted by Crippen LogP contribution is -2.42. The molecular formula is C20H21N3O5S. The van der Waals surface area contributed by atoms with Crippen molar-refractivity contribution < 1.29 is 14.3 Å². The molecule has 9 heteroatoms. The van der Waals surface area contributed by atoms with Gasteiger partial charge in [0.05, 0.1) is 18.2 Å². The Hall–Kier alpha value is -3.20. The number of nitrogens with zero attached hydrogens (tertiary/aromatic N) is 2. The summed E-state index contributed by atoms with van der Waals surface area (Å²) in [4.78, 5) is 49.5. The summed E-state index contributed by atoms with van der Waals surface area (Å²) in [6.45, 7) is 3.88. The summed E-state index contributed by atoms with van der Waals surface area (Å²) < 4.78 is 7.58. The number of benzene rings is 1. The van der Waals surface area contributed by atoms with E-state index in [2.05, 4.69) is 10.1 Å². The molecule has 2 heterocycles. The van der Waals surface area contributed by atoms with Crippen molar-refractivity contribution in [1.29, 1.82) is 0 Å². The van der Waals surface area contributed by atoms with E-state index in [0.29, 0.717) is 21.5 Å². The summed E-state index contributed by atoms with van der Waals surface area (Å²) in [6.07, 6.45) is 0. The van der Waals surface area contributed by atoms with Gasteiger partial charge >= 0.3 is 11.7 Å². The summed E-state index contributed by atoms with van der Waals surface area (Å²) in [5.74, 6) is -0.782. The maximum Gasteiger partial charge on any atom is 0.337 e. The van der Waals surface area contributed by atoms with Crippen LogP contribution in [0.5, 0.6) is 0 Å². The molecule has 0 fully saturated rings. The fraction of sp³-hybridized carbons (Fsp3) is 0.300. The molecule has 29 heavy (non-hydrogen) atoms. The normalized spacial score (nSPS) is 11.0. The topological polar surface area (TPSA) is 99.4 Å². The van der Waals surface area contributed by atoms with Gasteiger partial charge in [0, 0.05) is 12.2 Å². The van der Waals surface area contributed by atoms with Crippen LogP contribution in [-0.2, 0) is 22.6 Å². The molecule has 1 amide bonds. The maximum absolute atomic E-state index is 12.9. The second kappa shape index (κ2) is 8.44. The van der Waals surface area contributed by atoms with E-state index in [1.54, 1.807) is 23.6 Å². The molecule has 2 aromatic heterocycles. The molecule has 0 aliphatic carbocycles. The number of amides is 1.